The van der Waals surface area contributed by atoms with Gasteiger partial charge in [-0.15, -0.1) is 0 Å². The third kappa shape index (κ3) is 9.10. The molecule has 0 bridgehead atoms. The lowest BCUT2D eigenvalue weighted by Gasteiger charge is -2.29. The van der Waals surface area contributed by atoms with E-state index in [1.54, 1.807) is 32.6 Å². The van der Waals surface area contributed by atoms with Gasteiger partial charge in [0, 0.05) is 19.7 Å². The Kier molecular flexibility index (Phi) is 9.25. The summed E-state index contributed by atoms with van der Waals surface area (Å²) in [5.74, 6) is 0.247. The molecule has 25 heavy (non-hydrogen) atoms. The van der Waals surface area contributed by atoms with E-state index in [1.165, 1.54) is 32.1 Å². The van der Waals surface area contributed by atoms with E-state index in [9.17, 15) is 9.59 Å². The number of aliphatic hydroxyl groups is 1. The largest absolute Gasteiger partial charge is 0.458 e. The monoisotopic (exact) mass is 356 g/mol. The van der Waals surface area contributed by atoms with Gasteiger partial charge < -0.3 is 20.1 Å². The summed E-state index contributed by atoms with van der Waals surface area (Å²) < 4.78 is 5.30. The van der Waals surface area contributed by atoms with Crippen LogP contribution in [0, 0.1) is 5.92 Å². The van der Waals surface area contributed by atoms with Crippen molar-refractivity contribution in [3.8, 4) is 0 Å². The molecule has 6 heteroatoms. The molecule has 2 N–H and O–H groups in total. The van der Waals surface area contributed by atoms with Gasteiger partial charge in [-0.3, -0.25) is 0 Å². The molecule has 0 aliphatic heterocycles. The van der Waals surface area contributed by atoms with E-state index in [-0.39, 0.29) is 12.6 Å². The van der Waals surface area contributed by atoms with Crippen LogP contribution in [0.15, 0.2) is 0 Å². The fourth-order valence-electron chi connectivity index (χ4n) is 3.12. The number of nitrogens with zero attached hydrogens (tertiary/aromatic N) is 1. The molecule has 0 saturated heterocycles. The van der Waals surface area contributed by atoms with Gasteiger partial charge >= 0.3 is 12.0 Å². The first-order valence-electron chi connectivity index (χ1n) is 9.62. The number of carbonyl (C=O) groups excluding carboxylic acids is 2. The fraction of sp³-hybridized carbons (Fsp3) is 0.895. The normalized spacial score (nSPS) is 17.0. The summed E-state index contributed by atoms with van der Waals surface area (Å²) in [6.07, 6.45) is 7.89. The number of aliphatic hydroxyl groups excluding tert-OH is 1. The minimum atomic E-state index is -0.696. The molecule has 6 nitrogen and oxygen atoms in total. The Morgan fingerprint density at radius 1 is 1.20 bits per heavy atom. The Hall–Kier alpha value is -1.30. The molecule has 0 heterocycles. The van der Waals surface area contributed by atoms with Gasteiger partial charge in [0.2, 0.25) is 0 Å². The van der Waals surface area contributed by atoms with E-state index >= 15 is 0 Å². The zero-order valence-corrected chi connectivity index (χ0v) is 16.3. The van der Waals surface area contributed by atoms with E-state index in [0.29, 0.717) is 25.4 Å². The minimum absolute atomic E-state index is 0.0504. The minimum Gasteiger partial charge on any atom is -0.458 e. The van der Waals surface area contributed by atoms with E-state index in [4.69, 9.17) is 9.84 Å². The van der Waals surface area contributed by atoms with Gasteiger partial charge in [0.1, 0.15) is 11.6 Å². The molecule has 1 atom stereocenters. The Balaban J connectivity index is 2.51. The first-order valence-corrected chi connectivity index (χ1v) is 9.62. The number of hydrogen-bond acceptors (Lipinski definition) is 4. The molecule has 1 aliphatic carbocycles. The van der Waals surface area contributed by atoms with Crippen molar-refractivity contribution in [3.63, 3.8) is 0 Å². The van der Waals surface area contributed by atoms with Crippen molar-refractivity contribution < 1.29 is 19.4 Å². The highest BCUT2D eigenvalue weighted by molar-refractivity contribution is 5.83. The molecule has 0 spiro atoms. The van der Waals surface area contributed by atoms with Crippen molar-refractivity contribution in [2.75, 3.05) is 19.7 Å². The van der Waals surface area contributed by atoms with Crippen molar-refractivity contribution >= 4 is 12.0 Å². The molecule has 1 aliphatic rings. The number of carbonyl (C=O) groups is 2. The SMILES string of the molecule is C[C@H](NC(=O)N(CCCO)CCC1CCCCC1)C(=O)OC(C)(C)C. The molecule has 0 aromatic carbocycles. The number of hydrogen-bond donors (Lipinski definition) is 2. The maximum absolute atomic E-state index is 12.5. The molecule has 0 aromatic heterocycles. The van der Waals surface area contributed by atoms with Crippen LogP contribution >= 0.6 is 0 Å². The Labute approximate surface area is 152 Å². The number of nitrogens with one attached hydrogen (secondary N) is 1. The summed E-state index contributed by atoms with van der Waals surface area (Å²) in [5.41, 5.74) is -0.576. The van der Waals surface area contributed by atoms with Crippen LogP contribution in [0.3, 0.4) is 0 Å². The second-order valence-electron chi connectivity index (χ2n) is 8.06. The molecule has 1 fully saturated rings. The second-order valence-corrected chi connectivity index (χ2v) is 8.06. The van der Waals surface area contributed by atoms with Crippen LogP contribution in [-0.2, 0) is 9.53 Å². The maximum atomic E-state index is 12.5. The summed E-state index contributed by atoms with van der Waals surface area (Å²) >= 11 is 0. The third-order valence-corrected chi connectivity index (χ3v) is 4.51. The predicted molar refractivity (Wildman–Crippen MR) is 98.3 cm³/mol. The van der Waals surface area contributed by atoms with Crippen molar-refractivity contribution in [3.05, 3.63) is 0 Å². The highest BCUT2D eigenvalue weighted by Crippen LogP contribution is 2.26. The van der Waals surface area contributed by atoms with Crippen molar-refractivity contribution in [1.82, 2.24) is 10.2 Å². The van der Waals surface area contributed by atoms with E-state index in [0.717, 1.165) is 6.42 Å². The Bertz CT molecular complexity index is 414. The molecular formula is C19H36N2O4. The summed E-state index contributed by atoms with van der Waals surface area (Å²) in [6, 6.07) is -0.958. The summed E-state index contributed by atoms with van der Waals surface area (Å²) in [5, 5.41) is 11.8. The molecule has 1 saturated carbocycles. The van der Waals surface area contributed by atoms with Crippen LogP contribution in [0.5, 0.6) is 0 Å². The first kappa shape index (κ1) is 21.7. The number of rotatable bonds is 8. The number of esters is 1. The zero-order chi connectivity index (χ0) is 18.9. The van der Waals surface area contributed by atoms with Gasteiger partial charge in [0.15, 0.2) is 0 Å². The molecule has 0 unspecified atom stereocenters. The topological polar surface area (TPSA) is 78.9 Å². The lowest BCUT2D eigenvalue weighted by atomic mass is 9.87. The number of urea groups is 1. The first-order chi connectivity index (χ1) is 11.7. The quantitative estimate of drug-likeness (QED) is 0.655. The number of amides is 2. The highest BCUT2D eigenvalue weighted by Gasteiger charge is 2.25. The highest BCUT2D eigenvalue weighted by atomic mass is 16.6. The average molecular weight is 357 g/mol. The van der Waals surface area contributed by atoms with Crippen LogP contribution in [0.2, 0.25) is 0 Å². The summed E-state index contributed by atoms with van der Waals surface area (Å²) in [6.45, 7) is 8.26. The zero-order valence-electron chi connectivity index (χ0n) is 16.3. The predicted octanol–water partition coefficient (Wildman–Crippen LogP) is 3.08. The van der Waals surface area contributed by atoms with Crippen LogP contribution in [0.4, 0.5) is 4.79 Å². The van der Waals surface area contributed by atoms with E-state index in [2.05, 4.69) is 5.32 Å². The summed E-state index contributed by atoms with van der Waals surface area (Å²) in [7, 11) is 0. The van der Waals surface area contributed by atoms with Gasteiger partial charge in [0.05, 0.1) is 0 Å². The lowest BCUT2D eigenvalue weighted by Crippen LogP contribution is -2.49. The standard InChI is InChI=1S/C19H36N2O4/c1-15(17(23)25-19(2,3)4)20-18(24)21(12-8-14-22)13-11-16-9-6-5-7-10-16/h15-16,22H,5-14H2,1-4H3,(H,20,24)/t15-/m0/s1. The van der Waals surface area contributed by atoms with Crippen molar-refractivity contribution in [2.24, 2.45) is 5.92 Å². The lowest BCUT2D eigenvalue weighted by molar-refractivity contribution is -0.156. The van der Waals surface area contributed by atoms with Gasteiger partial charge in [-0.2, -0.15) is 0 Å². The van der Waals surface area contributed by atoms with Crippen molar-refractivity contribution in [2.45, 2.75) is 84.3 Å². The van der Waals surface area contributed by atoms with Gasteiger partial charge in [0.25, 0.3) is 0 Å². The smallest absolute Gasteiger partial charge is 0.328 e. The van der Waals surface area contributed by atoms with E-state index < -0.39 is 17.6 Å². The van der Waals surface area contributed by atoms with Crippen LogP contribution in [0.1, 0.15) is 72.6 Å². The maximum Gasteiger partial charge on any atom is 0.328 e. The van der Waals surface area contributed by atoms with Gasteiger partial charge in [-0.05, 0) is 46.5 Å². The van der Waals surface area contributed by atoms with Crippen LogP contribution in [0.25, 0.3) is 0 Å². The van der Waals surface area contributed by atoms with Crippen molar-refractivity contribution in [1.29, 1.82) is 0 Å². The molecule has 1 rings (SSSR count). The van der Waals surface area contributed by atoms with Gasteiger partial charge in [-0.1, -0.05) is 32.1 Å². The van der Waals surface area contributed by atoms with Crippen LogP contribution < -0.4 is 5.32 Å². The molecule has 2 amide bonds. The molecular weight excluding hydrogens is 320 g/mol. The van der Waals surface area contributed by atoms with Gasteiger partial charge in [-0.25, -0.2) is 9.59 Å². The average Bonchev–Trinajstić information content (AvgIpc) is 2.54. The third-order valence-electron chi connectivity index (χ3n) is 4.51. The number of ether oxygens (including phenoxy) is 1. The molecule has 0 aromatic rings. The van der Waals surface area contributed by atoms with E-state index in [1.807, 2.05) is 0 Å². The molecule has 146 valence electrons. The second kappa shape index (κ2) is 10.6. The molecule has 0 radical (unpaired) electrons. The Morgan fingerprint density at radius 3 is 2.40 bits per heavy atom. The van der Waals surface area contributed by atoms with Crippen LogP contribution in [-0.4, -0.2) is 53.3 Å². The summed E-state index contributed by atoms with van der Waals surface area (Å²) in [4.78, 5) is 26.3. The fourth-order valence-corrected chi connectivity index (χ4v) is 3.12. The Morgan fingerprint density at radius 2 is 1.84 bits per heavy atom.